The minimum atomic E-state index is -1.07. The number of hydrogen-bond donors (Lipinski definition) is 1. The number of aromatic carboxylic acids is 1. The van der Waals surface area contributed by atoms with Crippen molar-refractivity contribution in [3.05, 3.63) is 35.9 Å². The molecule has 0 aliphatic rings. The molecular weight excluding hydrogens is 234 g/mol. The Morgan fingerprint density at radius 1 is 1.44 bits per heavy atom. The van der Waals surface area contributed by atoms with Gasteiger partial charge in [-0.2, -0.15) is 0 Å². The molecule has 2 rings (SSSR count). The van der Waals surface area contributed by atoms with Crippen LogP contribution in [0.5, 0.6) is 0 Å². The minimum absolute atomic E-state index is 0.00236. The highest BCUT2D eigenvalue weighted by atomic mass is 16.4. The number of carbonyl (C=O) groups excluding carboxylic acids is 1. The van der Waals surface area contributed by atoms with Gasteiger partial charge in [0.15, 0.2) is 5.69 Å². The van der Waals surface area contributed by atoms with Crippen molar-refractivity contribution >= 4 is 17.4 Å². The van der Waals surface area contributed by atoms with Gasteiger partial charge in [0.1, 0.15) is 5.82 Å². The van der Waals surface area contributed by atoms with Crippen LogP contribution in [0.1, 0.15) is 23.2 Å². The molecule has 0 fully saturated rings. The molecule has 0 bridgehead atoms. The number of rotatable bonds is 3. The molecule has 0 atom stereocenters. The van der Waals surface area contributed by atoms with Crippen LogP contribution < -0.4 is 0 Å². The van der Waals surface area contributed by atoms with Crippen LogP contribution in [-0.4, -0.2) is 38.3 Å². The minimum Gasteiger partial charge on any atom is -0.476 e. The zero-order chi connectivity index (χ0) is 13.3. The number of pyridine rings is 1. The Morgan fingerprint density at radius 3 is 2.78 bits per heavy atom. The molecule has 0 saturated heterocycles. The summed E-state index contributed by atoms with van der Waals surface area (Å²) in [5.41, 5.74) is 0.527. The number of fused-ring (bicyclic) bond motifs is 1. The Balaban J connectivity index is 2.51. The summed E-state index contributed by atoms with van der Waals surface area (Å²) >= 11 is 0. The third-order valence-electron chi connectivity index (χ3n) is 2.74. The largest absolute Gasteiger partial charge is 0.476 e. The van der Waals surface area contributed by atoms with Crippen molar-refractivity contribution in [1.82, 2.24) is 14.3 Å². The number of imidazole rings is 1. The topological polar surface area (TPSA) is 74.9 Å². The fourth-order valence-electron chi connectivity index (χ4n) is 1.69. The summed E-state index contributed by atoms with van der Waals surface area (Å²) in [5, 5.41) is 9.08. The summed E-state index contributed by atoms with van der Waals surface area (Å²) in [4.78, 5) is 27.8. The molecular formula is C12H13N3O3. The molecule has 0 unspecified atom stereocenters. The molecule has 0 saturated carbocycles. The number of carboxylic acid groups (broad SMARTS) is 1. The van der Waals surface area contributed by atoms with Crippen molar-refractivity contribution in [2.45, 2.75) is 13.5 Å². The zero-order valence-corrected chi connectivity index (χ0v) is 10.1. The first-order valence-electron chi connectivity index (χ1n) is 5.41. The van der Waals surface area contributed by atoms with Gasteiger partial charge in [0.05, 0.1) is 12.1 Å². The van der Waals surface area contributed by atoms with Gasteiger partial charge in [0.2, 0.25) is 5.91 Å². The second-order valence-corrected chi connectivity index (χ2v) is 4.01. The molecule has 0 aromatic carbocycles. The van der Waals surface area contributed by atoms with Crippen LogP contribution in [-0.2, 0) is 11.3 Å². The average molecular weight is 247 g/mol. The van der Waals surface area contributed by atoms with E-state index < -0.39 is 5.97 Å². The molecule has 2 aromatic heterocycles. The molecule has 0 aliphatic carbocycles. The number of hydrogen-bond acceptors (Lipinski definition) is 3. The van der Waals surface area contributed by atoms with Gasteiger partial charge in [-0.1, -0.05) is 6.07 Å². The lowest BCUT2D eigenvalue weighted by Gasteiger charge is -2.13. The summed E-state index contributed by atoms with van der Waals surface area (Å²) in [7, 11) is 1.65. The van der Waals surface area contributed by atoms with Crippen LogP contribution in [0.25, 0.3) is 5.52 Å². The van der Waals surface area contributed by atoms with Gasteiger partial charge >= 0.3 is 5.97 Å². The highest BCUT2D eigenvalue weighted by Gasteiger charge is 2.17. The van der Waals surface area contributed by atoms with Crippen molar-refractivity contribution in [2.24, 2.45) is 0 Å². The second-order valence-electron chi connectivity index (χ2n) is 4.01. The van der Waals surface area contributed by atoms with E-state index >= 15 is 0 Å². The van der Waals surface area contributed by atoms with Gasteiger partial charge in [0.25, 0.3) is 0 Å². The van der Waals surface area contributed by atoms with Gasteiger partial charge in [0, 0.05) is 20.2 Å². The van der Waals surface area contributed by atoms with E-state index in [0.717, 1.165) is 0 Å². The maximum atomic E-state index is 11.2. The average Bonchev–Trinajstić information content (AvgIpc) is 2.68. The maximum absolute atomic E-state index is 11.2. The Morgan fingerprint density at radius 2 is 2.17 bits per heavy atom. The third kappa shape index (κ3) is 2.04. The van der Waals surface area contributed by atoms with Crippen LogP contribution in [0, 0.1) is 0 Å². The lowest BCUT2D eigenvalue weighted by atomic mass is 10.3. The number of aromatic nitrogens is 2. The van der Waals surface area contributed by atoms with Crippen molar-refractivity contribution in [2.75, 3.05) is 7.05 Å². The van der Waals surface area contributed by atoms with Crippen molar-refractivity contribution in [1.29, 1.82) is 0 Å². The molecule has 1 amide bonds. The highest BCUT2D eigenvalue weighted by Crippen LogP contribution is 2.14. The van der Waals surface area contributed by atoms with E-state index in [0.29, 0.717) is 11.3 Å². The Hall–Kier alpha value is -2.37. The predicted octanol–water partition coefficient (Wildman–Crippen LogP) is 1.01. The molecule has 6 heteroatoms. The van der Waals surface area contributed by atoms with Gasteiger partial charge in [-0.3, -0.25) is 4.79 Å². The number of nitrogens with zero attached hydrogens (tertiary/aromatic N) is 3. The predicted molar refractivity (Wildman–Crippen MR) is 64.3 cm³/mol. The van der Waals surface area contributed by atoms with Gasteiger partial charge < -0.3 is 14.4 Å². The van der Waals surface area contributed by atoms with Gasteiger partial charge in [-0.25, -0.2) is 9.78 Å². The van der Waals surface area contributed by atoms with Crippen LogP contribution in [0.3, 0.4) is 0 Å². The maximum Gasteiger partial charge on any atom is 0.356 e. The Kier molecular flexibility index (Phi) is 3.01. The van der Waals surface area contributed by atoms with Gasteiger partial charge in [-0.05, 0) is 12.1 Å². The summed E-state index contributed by atoms with van der Waals surface area (Å²) in [6.07, 6.45) is 1.73. The summed E-state index contributed by atoms with van der Waals surface area (Å²) in [5.74, 6) is -0.643. The van der Waals surface area contributed by atoms with Crippen LogP contribution in [0.2, 0.25) is 0 Å². The van der Waals surface area contributed by atoms with Crippen molar-refractivity contribution in [3.63, 3.8) is 0 Å². The molecule has 2 heterocycles. The standard InChI is InChI=1S/C12H13N3O3/c1-8(16)14(2)7-10-13-11(12(17)18)9-5-3-4-6-15(9)10/h3-6H,7H2,1-2H3,(H,17,18). The van der Waals surface area contributed by atoms with E-state index in [4.69, 9.17) is 5.11 Å². The molecule has 18 heavy (non-hydrogen) atoms. The van der Waals surface area contributed by atoms with Gasteiger partial charge in [-0.15, -0.1) is 0 Å². The first-order valence-corrected chi connectivity index (χ1v) is 5.41. The van der Waals surface area contributed by atoms with E-state index in [9.17, 15) is 9.59 Å². The Labute approximate surface area is 103 Å². The fourth-order valence-corrected chi connectivity index (χ4v) is 1.69. The number of carboxylic acids is 1. The van der Waals surface area contributed by atoms with E-state index in [-0.39, 0.29) is 18.1 Å². The summed E-state index contributed by atoms with van der Waals surface area (Å²) in [6.45, 7) is 1.72. The summed E-state index contributed by atoms with van der Waals surface area (Å²) in [6, 6.07) is 5.23. The van der Waals surface area contributed by atoms with Crippen molar-refractivity contribution in [3.8, 4) is 0 Å². The molecule has 6 nitrogen and oxygen atoms in total. The highest BCUT2D eigenvalue weighted by molar-refractivity contribution is 5.93. The smallest absolute Gasteiger partial charge is 0.356 e. The van der Waals surface area contributed by atoms with Crippen LogP contribution >= 0.6 is 0 Å². The molecule has 0 aliphatic heterocycles. The first-order chi connectivity index (χ1) is 8.50. The molecule has 94 valence electrons. The lowest BCUT2D eigenvalue weighted by Crippen LogP contribution is -2.24. The quantitative estimate of drug-likeness (QED) is 0.878. The van der Waals surface area contributed by atoms with E-state index in [1.807, 2.05) is 0 Å². The molecule has 2 aromatic rings. The number of amides is 1. The second kappa shape index (κ2) is 4.48. The molecule has 1 N–H and O–H groups in total. The normalized spacial score (nSPS) is 10.6. The van der Waals surface area contributed by atoms with Crippen LogP contribution in [0.4, 0.5) is 0 Å². The monoisotopic (exact) mass is 247 g/mol. The van der Waals surface area contributed by atoms with E-state index in [1.165, 1.54) is 11.8 Å². The number of carbonyl (C=O) groups is 2. The summed E-state index contributed by atoms with van der Waals surface area (Å²) < 4.78 is 1.68. The first kappa shape index (κ1) is 12.1. The van der Waals surface area contributed by atoms with Crippen LogP contribution in [0.15, 0.2) is 24.4 Å². The van der Waals surface area contributed by atoms with Crippen molar-refractivity contribution < 1.29 is 14.7 Å². The lowest BCUT2D eigenvalue weighted by molar-refractivity contribution is -0.128. The van der Waals surface area contributed by atoms with E-state index in [2.05, 4.69) is 4.98 Å². The molecule has 0 radical (unpaired) electrons. The molecule has 0 spiro atoms. The third-order valence-corrected chi connectivity index (χ3v) is 2.74. The Bertz CT molecular complexity index is 618. The zero-order valence-electron chi connectivity index (χ0n) is 10.1. The van der Waals surface area contributed by atoms with E-state index in [1.54, 1.807) is 35.8 Å². The fraction of sp³-hybridized carbons (Fsp3) is 0.250. The SMILES string of the molecule is CC(=O)N(C)Cc1nc(C(=O)O)c2ccccn12.